The third-order valence-electron chi connectivity index (χ3n) is 3.59. The van der Waals surface area contributed by atoms with Gasteiger partial charge in [0, 0.05) is 15.6 Å². The minimum absolute atomic E-state index is 0.246. The lowest BCUT2D eigenvalue weighted by Crippen LogP contribution is -2.42. The average Bonchev–Trinajstić information content (AvgIpc) is 2.61. The summed E-state index contributed by atoms with van der Waals surface area (Å²) in [6.45, 7) is 0. The number of hydrogen-bond donors (Lipinski definition) is 2. The topological polar surface area (TPSA) is 58.2 Å². The number of rotatable bonds is 2. The van der Waals surface area contributed by atoms with Gasteiger partial charge in [-0.3, -0.25) is 15.4 Å². The molecule has 3 aromatic rings. The molecule has 0 aromatic heterocycles. The van der Waals surface area contributed by atoms with Crippen LogP contribution in [0, 0.1) is 0 Å². The van der Waals surface area contributed by atoms with Crippen molar-refractivity contribution < 1.29 is 9.59 Å². The number of benzene rings is 3. The van der Waals surface area contributed by atoms with Gasteiger partial charge in [-0.15, -0.1) is 0 Å². The van der Waals surface area contributed by atoms with Gasteiger partial charge in [0.15, 0.2) is 0 Å². The predicted octanol–water partition coefficient (Wildman–Crippen LogP) is 4.42. The maximum atomic E-state index is 12.4. The molecule has 4 nitrogen and oxygen atoms in total. The van der Waals surface area contributed by atoms with Crippen LogP contribution < -0.4 is 10.6 Å². The Bertz CT molecular complexity index is 965. The lowest BCUT2D eigenvalue weighted by Gasteiger charge is -2.09. The molecule has 124 valence electrons. The van der Waals surface area contributed by atoms with Crippen LogP contribution in [0.25, 0.3) is 10.8 Å². The lowest BCUT2D eigenvalue weighted by molar-refractivity contribution is 0.0967. The van der Waals surface area contributed by atoms with Gasteiger partial charge in [0.2, 0.25) is 0 Å². The first-order valence-corrected chi connectivity index (χ1v) is 8.65. The summed E-state index contributed by atoms with van der Waals surface area (Å²) in [7, 11) is 0. The molecule has 3 aromatic carbocycles. The highest BCUT2D eigenvalue weighted by Gasteiger charge is 2.14. The second-order valence-corrected chi connectivity index (χ2v) is 6.59. The predicted molar refractivity (Wildman–Crippen MR) is 106 cm³/mol. The van der Waals surface area contributed by atoms with Crippen LogP contribution in [-0.4, -0.2) is 16.9 Å². The van der Waals surface area contributed by atoms with Crippen molar-refractivity contribution in [2.45, 2.75) is 0 Å². The Hall–Kier alpha value is -2.57. The SMILES string of the molecule is O=C(NC(=O)c1cccc2ccccc12)NC(=S)c1ccc(Br)cc1. The Morgan fingerprint density at radius 1 is 0.840 bits per heavy atom. The van der Waals surface area contributed by atoms with Gasteiger partial charge in [0.1, 0.15) is 4.99 Å². The highest BCUT2D eigenvalue weighted by Crippen LogP contribution is 2.18. The van der Waals surface area contributed by atoms with Gasteiger partial charge in [-0.25, -0.2) is 4.79 Å². The van der Waals surface area contributed by atoms with Crippen molar-refractivity contribution in [3.63, 3.8) is 0 Å². The lowest BCUT2D eigenvalue weighted by atomic mass is 10.0. The summed E-state index contributed by atoms with van der Waals surface area (Å²) < 4.78 is 0.912. The second-order valence-electron chi connectivity index (χ2n) is 5.27. The van der Waals surface area contributed by atoms with E-state index in [-0.39, 0.29) is 4.99 Å². The Morgan fingerprint density at radius 3 is 2.28 bits per heavy atom. The standard InChI is InChI=1S/C19H13BrN2O2S/c20-14-10-8-13(9-11-14)18(25)22-19(24)21-17(23)16-7-3-5-12-4-1-2-6-15(12)16/h1-11H,(H2,21,22,23,24,25). The fourth-order valence-electron chi connectivity index (χ4n) is 2.40. The van der Waals surface area contributed by atoms with Gasteiger partial charge in [-0.05, 0) is 29.0 Å². The van der Waals surface area contributed by atoms with Crippen LogP contribution in [0.15, 0.2) is 71.2 Å². The van der Waals surface area contributed by atoms with E-state index in [0.717, 1.165) is 15.2 Å². The van der Waals surface area contributed by atoms with Crippen molar-refractivity contribution in [2.75, 3.05) is 0 Å². The average molecular weight is 413 g/mol. The number of nitrogens with one attached hydrogen (secondary N) is 2. The number of halogens is 1. The van der Waals surface area contributed by atoms with Gasteiger partial charge in [-0.1, -0.05) is 76.7 Å². The third kappa shape index (κ3) is 4.10. The van der Waals surface area contributed by atoms with Crippen molar-refractivity contribution >= 4 is 55.8 Å². The summed E-state index contributed by atoms with van der Waals surface area (Å²) in [6, 6.07) is 19.4. The molecular weight excluding hydrogens is 400 g/mol. The van der Waals surface area contributed by atoms with Crippen molar-refractivity contribution in [1.29, 1.82) is 0 Å². The van der Waals surface area contributed by atoms with Crippen LogP contribution in [0.1, 0.15) is 15.9 Å². The highest BCUT2D eigenvalue weighted by atomic mass is 79.9. The first-order valence-electron chi connectivity index (χ1n) is 7.44. The number of carbonyl (C=O) groups excluding carboxylic acids is 2. The van der Waals surface area contributed by atoms with Crippen molar-refractivity contribution in [3.05, 3.63) is 82.3 Å². The minimum atomic E-state index is -0.661. The van der Waals surface area contributed by atoms with Gasteiger partial charge < -0.3 is 0 Å². The monoisotopic (exact) mass is 412 g/mol. The van der Waals surface area contributed by atoms with Crippen molar-refractivity contribution in [3.8, 4) is 0 Å². The van der Waals surface area contributed by atoms with E-state index in [0.29, 0.717) is 11.1 Å². The second kappa shape index (κ2) is 7.55. The number of fused-ring (bicyclic) bond motifs is 1. The van der Waals surface area contributed by atoms with Gasteiger partial charge in [0.05, 0.1) is 0 Å². The van der Waals surface area contributed by atoms with E-state index < -0.39 is 11.9 Å². The van der Waals surface area contributed by atoms with Gasteiger partial charge >= 0.3 is 6.03 Å². The van der Waals surface area contributed by atoms with E-state index in [1.807, 2.05) is 42.5 Å². The first kappa shape index (κ1) is 17.3. The van der Waals surface area contributed by atoms with E-state index >= 15 is 0 Å². The summed E-state index contributed by atoms with van der Waals surface area (Å²) in [5, 5.41) is 6.54. The molecule has 0 aliphatic rings. The third-order valence-corrected chi connectivity index (χ3v) is 4.46. The van der Waals surface area contributed by atoms with Gasteiger partial charge in [0.25, 0.3) is 5.91 Å². The fraction of sp³-hybridized carbons (Fsp3) is 0. The highest BCUT2D eigenvalue weighted by molar-refractivity contribution is 9.10. The fourth-order valence-corrected chi connectivity index (χ4v) is 2.89. The molecule has 0 radical (unpaired) electrons. The number of amides is 3. The summed E-state index contributed by atoms with van der Waals surface area (Å²) in [5.41, 5.74) is 1.12. The van der Waals surface area contributed by atoms with Crippen molar-refractivity contribution in [2.24, 2.45) is 0 Å². The molecule has 0 spiro atoms. The molecule has 25 heavy (non-hydrogen) atoms. The Kier molecular flexibility index (Phi) is 5.21. The van der Waals surface area contributed by atoms with E-state index in [4.69, 9.17) is 12.2 Å². The van der Waals surface area contributed by atoms with E-state index in [1.54, 1.807) is 24.3 Å². The Labute approximate surface area is 158 Å². The summed E-state index contributed by atoms with van der Waals surface area (Å²) >= 11 is 8.52. The Morgan fingerprint density at radius 2 is 1.52 bits per heavy atom. The van der Waals surface area contributed by atoms with Crippen molar-refractivity contribution in [1.82, 2.24) is 10.6 Å². The molecule has 0 saturated carbocycles. The zero-order chi connectivity index (χ0) is 17.8. The van der Waals surface area contributed by atoms with E-state index in [1.165, 1.54) is 0 Å². The quantitative estimate of drug-likeness (QED) is 0.612. The molecule has 0 aliphatic carbocycles. The largest absolute Gasteiger partial charge is 0.326 e. The molecule has 0 unspecified atom stereocenters. The number of urea groups is 1. The molecule has 0 saturated heterocycles. The zero-order valence-corrected chi connectivity index (χ0v) is 15.4. The smallest absolute Gasteiger partial charge is 0.298 e. The van der Waals surface area contributed by atoms with E-state index in [2.05, 4.69) is 26.6 Å². The van der Waals surface area contributed by atoms with E-state index in [9.17, 15) is 9.59 Å². The number of thiocarbonyl (C=S) groups is 1. The number of imide groups is 1. The van der Waals surface area contributed by atoms with Crippen LogP contribution in [0.2, 0.25) is 0 Å². The molecule has 0 fully saturated rings. The number of carbonyl (C=O) groups is 2. The molecule has 2 N–H and O–H groups in total. The minimum Gasteiger partial charge on any atom is -0.298 e. The molecule has 3 rings (SSSR count). The molecule has 6 heteroatoms. The van der Waals surface area contributed by atoms with Crippen LogP contribution in [0.3, 0.4) is 0 Å². The zero-order valence-electron chi connectivity index (χ0n) is 13.0. The first-order chi connectivity index (χ1) is 12.0. The van der Waals surface area contributed by atoms with Crippen LogP contribution >= 0.6 is 28.1 Å². The van der Waals surface area contributed by atoms with Crippen LogP contribution in [0.5, 0.6) is 0 Å². The summed E-state index contributed by atoms with van der Waals surface area (Å²) in [5.74, 6) is -0.479. The number of hydrogen-bond acceptors (Lipinski definition) is 3. The molecule has 0 atom stereocenters. The summed E-state index contributed by atoms with van der Waals surface area (Å²) in [4.78, 5) is 24.7. The Balaban J connectivity index is 1.71. The summed E-state index contributed by atoms with van der Waals surface area (Å²) in [6.07, 6.45) is 0. The van der Waals surface area contributed by atoms with Crippen LogP contribution in [0.4, 0.5) is 4.79 Å². The normalized spacial score (nSPS) is 10.3. The molecule has 3 amide bonds. The molecule has 0 aliphatic heterocycles. The van der Waals surface area contributed by atoms with Gasteiger partial charge in [-0.2, -0.15) is 0 Å². The molecule has 0 bridgehead atoms. The maximum absolute atomic E-state index is 12.4. The van der Waals surface area contributed by atoms with Crippen LogP contribution in [-0.2, 0) is 0 Å². The maximum Gasteiger partial charge on any atom is 0.326 e. The molecule has 0 heterocycles. The molecular formula is C19H13BrN2O2S.